The number of imidazole rings is 1. The number of aryl methyl sites for hydroxylation is 2. The predicted molar refractivity (Wildman–Crippen MR) is 85.9 cm³/mol. The zero-order valence-corrected chi connectivity index (χ0v) is 12.3. The Morgan fingerprint density at radius 1 is 1.32 bits per heavy atom. The molecule has 3 aromatic rings. The molecule has 0 saturated carbocycles. The van der Waals surface area contributed by atoms with Gasteiger partial charge in [-0.1, -0.05) is 18.2 Å². The fraction of sp³-hybridized carbons (Fsp3) is 0.176. The van der Waals surface area contributed by atoms with E-state index in [-0.39, 0.29) is 0 Å². The Kier molecular flexibility index (Phi) is 2.60. The Balaban J connectivity index is 1.91. The maximum absolute atomic E-state index is 7.14. The molecule has 2 aromatic heterocycles. The largest absolute Gasteiger partial charge is 0.332 e. The van der Waals surface area contributed by atoms with Crippen molar-refractivity contribution in [1.82, 2.24) is 14.5 Å². The third kappa shape index (κ3) is 1.74. The number of rotatable bonds is 1. The van der Waals surface area contributed by atoms with Crippen molar-refractivity contribution >= 4 is 28.1 Å². The molecular weight excluding hydrogens is 274 g/mol. The Morgan fingerprint density at radius 2 is 2.18 bits per heavy atom. The van der Waals surface area contributed by atoms with Gasteiger partial charge in [0.15, 0.2) is 5.69 Å². The van der Waals surface area contributed by atoms with Gasteiger partial charge < -0.3 is 4.57 Å². The van der Waals surface area contributed by atoms with Crippen LogP contribution in [-0.2, 0) is 13.5 Å². The summed E-state index contributed by atoms with van der Waals surface area (Å²) >= 11 is 0. The Bertz CT molecular complexity index is 988. The molecule has 22 heavy (non-hydrogen) atoms. The van der Waals surface area contributed by atoms with Crippen molar-refractivity contribution in [1.29, 1.82) is 0 Å². The number of nitrogens with zero attached hydrogens (tertiary/aromatic N) is 5. The number of hydrogen-bond donors (Lipinski definition) is 0. The van der Waals surface area contributed by atoms with E-state index >= 15 is 0 Å². The van der Waals surface area contributed by atoms with E-state index in [0.717, 1.165) is 39.4 Å². The van der Waals surface area contributed by atoms with Crippen LogP contribution in [0.25, 0.3) is 15.9 Å². The molecule has 4 rings (SSSR count). The Morgan fingerprint density at radius 3 is 3.00 bits per heavy atom. The van der Waals surface area contributed by atoms with Gasteiger partial charge in [-0.05, 0) is 18.6 Å². The monoisotopic (exact) mass is 287 g/mol. The molecule has 0 N–H and O–H groups in total. The lowest BCUT2D eigenvalue weighted by Gasteiger charge is -2.03. The Labute approximate surface area is 127 Å². The second-order valence-electron chi connectivity index (χ2n) is 5.44. The van der Waals surface area contributed by atoms with E-state index in [1.165, 1.54) is 0 Å². The van der Waals surface area contributed by atoms with Gasteiger partial charge in [0.2, 0.25) is 0 Å². The number of hydrogen-bond acceptors (Lipinski definition) is 3. The van der Waals surface area contributed by atoms with Crippen molar-refractivity contribution in [2.75, 3.05) is 0 Å². The molecule has 1 aromatic carbocycles. The van der Waals surface area contributed by atoms with E-state index in [1.54, 1.807) is 12.4 Å². The molecule has 0 radical (unpaired) electrons. The van der Waals surface area contributed by atoms with Crippen molar-refractivity contribution in [3.63, 3.8) is 0 Å². The standard InChI is InChI=1S/C17H13N5/c1-10-15-17(22(3)9-19-15)16-14(20-10)8-13(21-16)11-5-4-6-12(7-11)18-2/h4-7,9H,8H2,1,3H3. The SMILES string of the molecule is [C-]#[N+]c1cccc(C2=Nc3c(nc(C)c4ncn(C)c34)C2)c1. The zero-order valence-electron chi connectivity index (χ0n) is 12.3. The molecule has 5 heteroatoms. The zero-order chi connectivity index (χ0) is 15.3. The molecule has 0 atom stereocenters. The second-order valence-corrected chi connectivity index (χ2v) is 5.44. The summed E-state index contributed by atoms with van der Waals surface area (Å²) in [5.41, 5.74) is 7.33. The molecule has 1 aliphatic rings. The summed E-state index contributed by atoms with van der Waals surface area (Å²) in [6, 6.07) is 7.57. The van der Waals surface area contributed by atoms with Crippen LogP contribution in [0.1, 0.15) is 17.0 Å². The minimum Gasteiger partial charge on any atom is -0.332 e. The maximum Gasteiger partial charge on any atom is 0.187 e. The Hall–Kier alpha value is -3.00. The molecule has 0 unspecified atom stereocenters. The van der Waals surface area contributed by atoms with Gasteiger partial charge in [0.05, 0.1) is 35.5 Å². The third-order valence-electron chi connectivity index (χ3n) is 3.97. The first-order chi connectivity index (χ1) is 10.7. The highest BCUT2D eigenvalue weighted by molar-refractivity contribution is 6.09. The minimum absolute atomic E-state index is 0.631. The van der Waals surface area contributed by atoms with Crippen molar-refractivity contribution < 1.29 is 0 Å². The molecule has 0 spiro atoms. The molecule has 1 aliphatic heterocycles. The topological polar surface area (TPSA) is 47.4 Å². The molecular formula is C17H13N5. The third-order valence-corrected chi connectivity index (χ3v) is 3.97. The molecule has 0 aliphatic carbocycles. The fourth-order valence-electron chi connectivity index (χ4n) is 2.91. The number of aromatic nitrogens is 3. The van der Waals surface area contributed by atoms with Crippen LogP contribution in [0.4, 0.5) is 11.4 Å². The quantitative estimate of drug-likeness (QED) is 0.643. The normalized spacial score (nSPS) is 13.0. The average molecular weight is 287 g/mol. The fourth-order valence-corrected chi connectivity index (χ4v) is 2.91. The molecule has 0 fully saturated rings. The first-order valence-electron chi connectivity index (χ1n) is 7.03. The molecule has 0 bridgehead atoms. The van der Waals surface area contributed by atoms with Crippen LogP contribution in [0, 0.1) is 13.5 Å². The molecule has 106 valence electrons. The highest BCUT2D eigenvalue weighted by atomic mass is 15.1. The summed E-state index contributed by atoms with van der Waals surface area (Å²) in [5, 5.41) is 0. The van der Waals surface area contributed by atoms with Gasteiger partial charge in [-0.3, -0.25) is 4.98 Å². The van der Waals surface area contributed by atoms with Crippen LogP contribution in [0.15, 0.2) is 35.6 Å². The van der Waals surface area contributed by atoms with E-state index in [0.29, 0.717) is 12.1 Å². The highest BCUT2D eigenvalue weighted by Crippen LogP contribution is 2.35. The van der Waals surface area contributed by atoms with Crippen LogP contribution >= 0.6 is 0 Å². The molecule has 0 saturated heterocycles. The van der Waals surface area contributed by atoms with Crippen LogP contribution in [0.2, 0.25) is 0 Å². The predicted octanol–water partition coefficient (Wildman–Crippen LogP) is 3.50. The van der Waals surface area contributed by atoms with Crippen LogP contribution in [0.5, 0.6) is 0 Å². The summed E-state index contributed by atoms with van der Waals surface area (Å²) < 4.78 is 1.99. The smallest absolute Gasteiger partial charge is 0.187 e. The van der Waals surface area contributed by atoms with Gasteiger partial charge in [0.1, 0.15) is 11.2 Å². The summed E-state index contributed by atoms with van der Waals surface area (Å²) in [4.78, 5) is 17.4. The van der Waals surface area contributed by atoms with Gasteiger partial charge in [-0.2, -0.15) is 0 Å². The summed E-state index contributed by atoms with van der Waals surface area (Å²) in [6.07, 6.45) is 2.49. The molecule has 0 amide bonds. The lowest BCUT2D eigenvalue weighted by Crippen LogP contribution is -2.01. The maximum atomic E-state index is 7.14. The van der Waals surface area contributed by atoms with Gasteiger partial charge in [0.25, 0.3) is 0 Å². The van der Waals surface area contributed by atoms with Crippen molar-refractivity contribution in [2.45, 2.75) is 13.3 Å². The van der Waals surface area contributed by atoms with E-state index in [2.05, 4.69) is 14.8 Å². The first-order valence-corrected chi connectivity index (χ1v) is 7.03. The number of pyridine rings is 1. The first kappa shape index (κ1) is 12.7. The average Bonchev–Trinajstić information content (AvgIpc) is 3.11. The number of benzene rings is 1. The number of fused-ring (bicyclic) bond motifs is 3. The van der Waals surface area contributed by atoms with Crippen LogP contribution < -0.4 is 0 Å². The van der Waals surface area contributed by atoms with Gasteiger partial charge in [0, 0.05) is 13.5 Å². The summed E-state index contributed by atoms with van der Waals surface area (Å²) in [7, 11) is 1.97. The van der Waals surface area contributed by atoms with Gasteiger partial charge >= 0.3 is 0 Å². The number of aliphatic imine (C=N–C) groups is 1. The lowest BCUT2D eigenvalue weighted by molar-refractivity contribution is 0.946. The van der Waals surface area contributed by atoms with E-state index in [9.17, 15) is 0 Å². The molecule has 3 heterocycles. The van der Waals surface area contributed by atoms with E-state index in [4.69, 9.17) is 11.6 Å². The summed E-state index contributed by atoms with van der Waals surface area (Å²) in [5.74, 6) is 0. The van der Waals surface area contributed by atoms with Crippen molar-refractivity contribution in [2.24, 2.45) is 12.0 Å². The summed E-state index contributed by atoms with van der Waals surface area (Å²) in [6.45, 7) is 9.12. The van der Waals surface area contributed by atoms with Crippen LogP contribution in [-0.4, -0.2) is 20.2 Å². The van der Waals surface area contributed by atoms with Crippen molar-refractivity contribution in [3.8, 4) is 0 Å². The highest BCUT2D eigenvalue weighted by Gasteiger charge is 2.23. The van der Waals surface area contributed by atoms with E-state index < -0.39 is 0 Å². The van der Waals surface area contributed by atoms with Crippen LogP contribution in [0.3, 0.4) is 0 Å². The molecule has 5 nitrogen and oxygen atoms in total. The minimum atomic E-state index is 0.631. The lowest BCUT2D eigenvalue weighted by atomic mass is 10.1. The van der Waals surface area contributed by atoms with E-state index in [1.807, 2.05) is 36.7 Å². The second kappa shape index (κ2) is 4.50. The van der Waals surface area contributed by atoms with Gasteiger partial charge in [-0.15, -0.1) is 0 Å². The van der Waals surface area contributed by atoms with Gasteiger partial charge in [-0.25, -0.2) is 14.8 Å². The van der Waals surface area contributed by atoms with Crippen molar-refractivity contribution in [3.05, 3.63) is 59.0 Å².